The van der Waals surface area contributed by atoms with Crippen LogP contribution in [0.4, 0.5) is 0 Å². The van der Waals surface area contributed by atoms with Crippen molar-refractivity contribution in [2.45, 2.75) is 38.8 Å². The standard InChI is InChI=1S/C15H26N2OS/c1-4-12-5-6-15(19-12)13(9-16)17-8-7-11(2)14(10-17)18-3/h5-6,11,13-14H,4,7-10,16H2,1-3H3. The maximum absolute atomic E-state index is 6.03. The minimum atomic E-state index is 0.341. The average molecular weight is 282 g/mol. The van der Waals surface area contributed by atoms with E-state index < -0.39 is 0 Å². The Morgan fingerprint density at radius 3 is 2.89 bits per heavy atom. The molecule has 3 unspecified atom stereocenters. The van der Waals surface area contributed by atoms with Gasteiger partial charge in [-0.3, -0.25) is 4.90 Å². The van der Waals surface area contributed by atoms with Crippen LogP contribution in [0.5, 0.6) is 0 Å². The summed E-state index contributed by atoms with van der Waals surface area (Å²) in [4.78, 5) is 5.35. The first-order chi connectivity index (χ1) is 9.19. The Balaban J connectivity index is 2.09. The number of nitrogens with zero attached hydrogens (tertiary/aromatic N) is 1. The quantitative estimate of drug-likeness (QED) is 0.902. The Hall–Kier alpha value is -0.420. The largest absolute Gasteiger partial charge is 0.380 e. The lowest BCUT2D eigenvalue weighted by atomic mass is 9.94. The first-order valence-electron chi connectivity index (χ1n) is 7.25. The fourth-order valence-corrected chi connectivity index (χ4v) is 3.96. The van der Waals surface area contributed by atoms with Gasteiger partial charge in [0, 0.05) is 30.0 Å². The summed E-state index contributed by atoms with van der Waals surface area (Å²) >= 11 is 1.91. The summed E-state index contributed by atoms with van der Waals surface area (Å²) in [6.45, 7) is 7.30. The molecule has 2 rings (SSSR count). The van der Waals surface area contributed by atoms with Crippen molar-refractivity contribution in [2.75, 3.05) is 26.7 Å². The number of hydrogen-bond acceptors (Lipinski definition) is 4. The lowest BCUT2D eigenvalue weighted by Crippen LogP contribution is -2.46. The van der Waals surface area contributed by atoms with Gasteiger partial charge >= 0.3 is 0 Å². The molecule has 1 aliphatic rings. The van der Waals surface area contributed by atoms with Crippen molar-refractivity contribution < 1.29 is 4.74 Å². The fourth-order valence-electron chi connectivity index (χ4n) is 2.86. The number of methoxy groups -OCH3 is 1. The van der Waals surface area contributed by atoms with Crippen molar-refractivity contribution >= 4 is 11.3 Å². The Morgan fingerprint density at radius 1 is 1.53 bits per heavy atom. The molecule has 3 atom stereocenters. The van der Waals surface area contributed by atoms with E-state index in [0.29, 0.717) is 24.6 Å². The van der Waals surface area contributed by atoms with Crippen LogP contribution in [0.2, 0.25) is 0 Å². The molecule has 2 heterocycles. The third-order valence-corrected chi connectivity index (χ3v) is 5.58. The Morgan fingerprint density at radius 2 is 2.32 bits per heavy atom. The highest BCUT2D eigenvalue weighted by atomic mass is 32.1. The lowest BCUT2D eigenvalue weighted by Gasteiger charge is -2.40. The minimum Gasteiger partial charge on any atom is -0.380 e. The Kier molecular flexibility index (Phi) is 5.39. The predicted octanol–water partition coefficient (Wildman–Crippen LogP) is 2.67. The summed E-state index contributed by atoms with van der Waals surface area (Å²) in [5.41, 5.74) is 6.03. The molecule has 0 amide bonds. The van der Waals surface area contributed by atoms with Crippen molar-refractivity contribution in [3.05, 3.63) is 21.9 Å². The molecule has 4 heteroatoms. The molecule has 0 aromatic carbocycles. The highest BCUT2D eigenvalue weighted by Gasteiger charge is 2.30. The van der Waals surface area contributed by atoms with E-state index >= 15 is 0 Å². The topological polar surface area (TPSA) is 38.5 Å². The monoisotopic (exact) mass is 282 g/mol. The van der Waals surface area contributed by atoms with Crippen LogP contribution in [0, 0.1) is 5.92 Å². The van der Waals surface area contributed by atoms with Gasteiger partial charge in [0.05, 0.1) is 12.1 Å². The van der Waals surface area contributed by atoms with Gasteiger partial charge in [-0.1, -0.05) is 13.8 Å². The van der Waals surface area contributed by atoms with Gasteiger partial charge in [0.15, 0.2) is 0 Å². The van der Waals surface area contributed by atoms with E-state index in [1.165, 1.54) is 16.2 Å². The van der Waals surface area contributed by atoms with Crippen molar-refractivity contribution in [3.63, 3.8) is 0 Å². The van der Waals surface area contributed by atoms with Crippen LogP contribution in [-0.4, -0.2) is 37.7 Å². The normalized spacial score (nSPS) is 26.5. The highest BCUT2D eigenvalue weighted by molar-refractivity contribution is 7.12. The molecule has 19 heavy (non-hydrogen) atoms. The van der Waals surface area contributed by atoms with Crippen LogP contribution in [0.1, 0.15) is 36.1 Å². The highest BCUT2D eigenvalue weighted by Crippen LogP contribution is 2.31. The molecule has 3 nitrogen and oxygen atoms in total. The SMILES string of the molecule is CCc1ccc(C(CN)N2CCC(C)C(OC)C2)s1. The second-order valence-electron chi connectivity index (χ2n) is 5.44. The number of rotatable bonds is 5. The minimum absolute atomic E-state index is 0.341. The molecular formula is C15H26N2OS. The van der Waals surface area contributed by atoms with E-state index in [9.17, 15) is 0 Å². The van der Waals surface area contributed by atoms with E-state index in [1.54, 1.807) is 0 Å². The molecule has 2 N–H and O–H groups in total. The zero-order chi connectivity index (χ0) is 13.8. The number of piperidine rings is 1. The molecule has 1 aromatic rings. The summed E-state index contributed by atoms with van der Waals surface area (Å²) in [6.07, 6.45) is 2.65. The molecule has 0 aliphatic carbocycles. The number of aryl methyl sites for hydroxylation is 1. The molecule has 1 saturated heterocycles. The Labute approximate surface area is 120 Å². The smallest absolute Gasteiger partial charge is 0.0724 e. The molecule has 108 valence electrons. The van der Waals surface area contributed by atoms with Gasteiger partial charge in [0.25, 0.3) is 0 Å². The van der Waals surface area contributed by atoms with Crippen LogP contribution in [-0.2, 0) is 11.2 Å². The van der Waals surface area contributed by atoms with Crippen molar-refractivity contribution in [1.29, 1.82) is 0 Å². The second-order valence-corrected chi connectivity index (χ2v) is 6.64. The van der Waals surface area contributed by atoms with Crippen molar-refractivity contribution in [3.8, 4) is 0 Å². The molecule has 1 fully saturated rings. The van der Waals surface area contributed by atoms with Gasteiger partial charge < -0.3 is 10.5 Å². The third kappa shape index (κ3) is 3.37. The molecule has 0 spiro atoms. The van der Waals surface area contributed by atoms with E-state index in [0.717, 1.165) is 19.5 Å². The zero-order valence-electron chi connectivity index (χ0n) is 12.3. The zero-order valence-corrected chi connectivity index (χ0v) is 13.1. The number of likely N-dealkylation sites (tertiary alicyclic amines) is 1. The first kappa shape index (κ1) is 15.0. The molecule has 0 bridgehead atoms. The number of thiophene rings is 1. The summed E-state index contributed by atoms with van der Waals surface area (Å²) in [5, 5.41) is 0. The van der Waals surface area contributed by atoms with Gasteiger partial charge in [-0.25, -0.2) is 0 Å². The molecule has 1 aliphatic heterocycles. The fraction of sp³-hybridized carbons (Fsp3) is 0.733. The summed E-state index contributed by atoms with van der Waals surface area (Å²) < 4.78 is 5.61. The summed E-state index contributed by atoms with van der Waals surface area (Å²) in [5.74, 6) is 0.647. The third-order valence-electron chi connectivity index (χ3n) is 4.25. The van der Waals surface area contributed by atoms with Gasteiger partial charge in [-0.15, -0.1) is 11.3 Å². The number of hydrogen-bond donors (Lipinski definition) is 1. The first-order valence-corrected chi connectivity index (χ1v) is 8.06. The van der Waals surface area contributed by atoms with Gasteiger partial charge in [0.2, 0.25) is 0 Å². The van der Waals surface area contributed by atoms with Gasteiger partial charge in [0.1, 0.15) is 0 Å². The predicted molar refractivity (Wildman–Crippen MR) is 81.6 cm³/mol. The van der Waals surface area contributed by atoms with E-state index in [2.05, 4.69) is 30.9 Å². The second kappa shape index (κ2) is 6.84. The van der Waals surface area contributed by atoms with Gasteiger partial charge in [-0.05, 0) is 37.4 Å². The van der Waals surface area contributed by atoms with Crippen LogP contribution in [0.3, 0.4) is 0 Å². The maximum Gasteiger partial charge on any atom is 0.0724 e. The van der Waals surface area contributed by atoms with Crippen molar-refractivity contribution in [2.24, 2.45) is 11.7 Å². The molecule has 0 saturated carbocycles. The van der Waals surface area contributed by atoms with Gasteiger partial charge in [-0.2, -0.15) is 0 Å². The Bertz CT molecular complexity index is 393. The molecule has 1 aromatic heterocycles. The van der Waals surface area contributed by atoms with Crippen LogP contribution >= 0.6 is 11.3 Å². The van der Waals surface area contributed by atoms with E-state index in [-0.39, 0.29) is 0 Å². The maximum atomic E-state index is 6.03. The van der Waals surface area contributed by atoms with Crippen LogP contribution in [0.25, 0.3) is 0 Å². The van der Waals surface area contributed by atoms with E-state index in [4.69, 9.17) is 10.5 Å². The van der Waals surface area contributed by atoms with Crippen LogP contribution in [0.15, 0.2) is 12.1 Å². The summed E-state index contributed by atoms with van der Waals surface area (Å²) in [6, 6.07) is 4.85. The van der Waals surface area contributed by atoms with Crippen molar-refractivity contribution in [1.82, 2.24) is 4.90 Å². The molecular weight excluding hydrogens is 256 g/mol. The lowest BCUT2D eigenvalue weighted by molar-refractivity contribution is -0.0178. The molecule has 0 radical (unpaired) electrons. The number of ether oxygens (including phenoxy) is 1. The average Bonchev–Trinajstić information content (AvgIpc) is 2.90. The van der Waals surface area contributed by atoms with Crippen LogP contribution < -0.4 is 5.73 Å². The van der Waals surface area contributed by atoms with E-state index in [1.807, 2.05) is 18.4 Å². The number of nitrogens with two attached hydrogens (primary N) is 1. The summed E-state index contributed by atoms with van der Waals surface area (Å²) in [7, 11) is 1.82.